The van der Waals surface area contributed by atoms with Crippen LogP contribution >= 0.6 is 0 Å². The fourth-order valence-electron chi connectivity index (χ4n) is 2.45. The number of nitrogens with one attached hydrogen (secondary N) is 2. The molecular weight excluding hydrogens is 218 g/mol. The van der Waals surface area contributed by atoms with Gasteiger partial charge in [-0.25, -0.2) is 0 Å². The Morgan fingerprint density at radius 1 is 1.24 bits per heavy atom. The van der Waals surface area contributed by atoms with E-state index in [0.717, 1.165) is 45.3 Å². The van der Waals surface area contributed by atoms with E-state index in [1.807, 2.05) is 4.90 Å². The fourth-order valence-corrected chi connectivity index (χ4v) is 2.45. The van der Waals surface area contributed by atoms with Crippen molar-refractivity contribution in [3.8, 4) is 0 Å². The molecule has 1 atom stereocenters. The van der Waals surface area contributed by atoms with Crippen LogP contribution in [0.2, 0.25) is 0 Å². The molecule has 0 radical (unpaired) electrons. The first-order valence-corrected chi connectivity index (χ1v) is 6.56. The fraction of sp³-hybridized carbons (Fsp3) is 0.833. The van der Waals surface area contributed by atoms with Crippen molar-refractivity contribution >= 4 is 11.8 Å². The van der Waals surface area contributed by atoms with E-state index < -0.39 is 0 Å². The zero-order valence-corrected chi connectivity index (χ0v) is 10.2. The van der Waals surface area contributed by atoms with Gasteiger partial charge in [0.1, 0.15) is 0 Å². The second kappa shape index (κ2) is 6.00. The molecule has 2 heterocycles. The standard InChI is InChI=1S/C12H21N3O2/c16-11(15-8-1-2-9-15)5-7-14-12(17)10-4-3-6-13-10/h10,13H,1-9H2,(H,14,17). The van der Waals surface area contributed by atoms with Crippen LogP contribution in [-0.4, -0.2) is 48.9 Å². The second-order valence-electron chi connectivity index (χ2n) is 4.78. The predicted molar refractivity (Wildman–Crippen MR) is 64.5 cm³/mol. The summed E-state index contributed by atoms with van der Waals surface area (Å²) in [7, 11) is 0. The van der Waals surface area contributed by atoms with Gasteiger partial charge in [-0.1, -0.05) is 0 Å². The van der Waals surface area contributed by atoms with Gasteiger partial charge in [-0.15, -0.1) is 0 Å². The highest BCUT2D eigenvalue weighted by atomic mass is 16.2. The van der Waals surface area contributed by atoms with Crippen molar-refractivity contribution in [2.75, 3.05) is 26.2 Å². The molecule has 0 saturated carbocycles. The molecule has 0 spiro atoms. The summed E-state index contributed by atoms with van der Waals surface area (Å²) in [4.78, 5) is 25.2. The number of hydrogen-bond acceptors (Lipinski definition) is 3. The summed E-state index contributed by atoms with van der Waals surface area (Å²) < 4.78 is 0. The zero-order chi connectivity index (χ0) is 12.1. The van der Waals surface area contributed by atoms with E-state index in [-0.39, 0.29) is 17.9 Å². The van der Waals surface area contributed by atoms with Crippen molar-refractivity contribution in [2.45, 2.75) is 38.1 Å². The van der Waals surface area contributed by atoms with Gasteiger partial charge >= 0.3 is 0 Å². The Labute approximate surface area is 102 Å². The zero-order valence-electron chi connectivity index (χ0n) is 10.2. The van der Waals surface area contributed by atoms with Gasteiger partial charge in [0.25, 0.3) is 0 Å². The molecule has 2 rings (SSSR count). The third-order valence-electron chi connectivity index (χ3n) is 3.47. The maximum Gasteiger partial charge on any atom is 0.237 e. The Morgan fingerprint density at radius 3 is 2.65 bits per heavy atom. The summed E-state index contributed by atoms with van der Waals surface area (Å²) in [6.07, 6.45) is 4.63. The van der Waals surface area contributed by atoms with Crippen molar-refractivity contribution in [3.05, 3.63) is 0 Å². The van der Waals surface area contributed by atoms with Crippen LogP contribution in [0, 0.1) is 0 Å². The summed E-state index contributed by atoms with van der Waals surface area (Å²) in [6, 6.07) is -0.0445. The molecule has 2 aliphatic rings. The van der Waals surface area contributed by atoms with Gasteiger partial charge in [-0.2, -0.15) is 0 Å². The monoisotopic (exact) mass is 239 g/mol. The molecule has 2 saturated heterocycles. The van der Waals surface area contributed by atoms with Crippen molar-refractivity contribution in [1.29, 1.82) is 0 Å². The molecule has 2 amide bonds. The number of rotatable bonds is 4. The topological polar surface area (TPSA) is 61.4 Å². The average molecular weight is 239 g/mol. The maximum absolute atomic E-state index is 11.7. The van der Waals surface area contributed by atoms with Crippen molar-refractivity contribution in [1.82, 2.24) is 15.5 Å². The quantitative estimate of drug-likeness (QED) is 0.718. The van der Waals surface area contributed by atoms with Crippen molar-refractivity contribution in [3.63, 3.8) is 0 Å². The van der Waals surface area contributed by atoms with Crippen molar-refractivity contribution < 1.29 is 9.59 Å². The highest BCUT2D eigenvalue weighted by molar-refractivity contribution is 5.83. The lowest BCUT2D eigenvalue weighted by molar-refractivity contribution is -0.130. The summed E-state index contributed by atoms with van der Waals surface area (Å²) in [5.41, 5.74) is 0. The molecule has 0 aromatic rings. The highest BCUT2D eigenvalue weighted by Gasteiger charge is 2.22. The molecule has 1 unspecified atom stereocenters. The normalized spacial score (nSPS) is 24.0. The first kappa shape index (κ1) is 12.4. The van der Waals surface area contributed by atoms with E-state index in [2.05, 4.69) is 10.6 Å². The molecule has 2 aliphatic heterocycles. The summed E-state index contributed by atoms with van der Waals surface area (Å²) >= 11 is 0. The van der Waals surface area contributed by atoms with Crippen LogP contribution in [0.1, 0.15) is 32.1 Å². The largest absolute Gasteiger partial charge is 0.354 e. The number of carbonyl (C=O) groups is 2. The SMILES string of the molecule is O=C(NCCC(=O)N1CCCC1)C1CCCN1. The van der Waals surface area contributed by atoms with E-state index in [1.165, 1.54) is 0 Å². The summed E-state index contributed by atoms with van der Waals surface area (Å²) in [5.74, 6) is 0.207. The van der Waals surface area contributed by atoms with Crippen LogP contribution in [0.4, 0.5) is 0 Å². The number of carbonyl (C=O) groups excluding carboxylic acids is 2. The number of hydrogen-bond donors (Lipinski definition) is 2. The van der Waals surface area contributed by atoms with E-state index in [0.29, 0.717) is 13.0 Å². The van der Waals surface area contributed by atoms with Crippen LogP contribution in [0.5, 0.6) is 0 Å². The van der Waals surface area contributed by atoms with Gasteiger partial charge < -0.3 is 15.5 Å². The van der Waals surface area contributed by atoms with E-state index in [4.69, 9.17) is 0 Å². The van der Waals surface area contributed by atoms with E-state index >= 15 is 0 Å². The molecule has 96 valence electrons. The molecular formula is C12H21N3O2. The van der Waals surface area contributed by atoms with Crippen LogP contribution < -0.4 is 10.6 Å². The molecule has 2 N–H and O–H groups in total. The van der Waals surface area contributed by atoms with Crippen LogP contribution in [0.15, 0.2) is 0 Å². The molecule has 2 fully saturated rings. The van der Waals surface area contributed by atoms with Crippen LogP contribution in [0.3, 0.4) is 0 Å². The first-order valence-electron chi connectivity index (χ1n) is 6.56. The Hall–Kier alpha value is -1.10. The van der Waals surface area contributed by atoms with Gasteiger partial charge in [-0.3, -0.25) is 9.59 Å². The van der Waals surface area contributed by atoms with Gasteiger partial charge in [0.05, 0.1) is 6.04 Å². The predicted octanol–water partition coefficient (Wildman–Crippen LogP) is -0.133. The molecule has 5 heteroatoms. The lowest BCUT2D eigenvalue weighted by Crippen LogP contribution is -2.41. The lowest BCUT2D eigenvalue weighted by atomic mass is 10.2. The smallest absolute Gasteiger partial charge is 0.237 e. The molecule has 0 aromatic carbocycles. The maximum atomic E-state index is 11.7. The first-order chi connectivity index (χ1) is 8.27. The Balaban J connectivity index is 1.61. The summed E-state index contributed by atoms with van der Waals surface area (Å²) in [6.45, 7) is 3.16. The minimum atomic E-state index is -0.0445. The molecule has 0 aliphatic carbocycles. The lowest BCUT2D eigenvalue weighted by Gasteiger charge is -2.16. The van der Waals surface area contributed by atoms with Crippen molar-refractivity contribution in [2.24, 2.45) is 0 Å². The van der Waals surface area contributed by atoms with Gasteiger partial charge in [0.2, 0.25) is 11.8 Å². The highest BCUT2D eigenvalue weighted by Crippen LogP contribution is 2.08. The molecule has 0 aromatic heterocycles. The average Bonchev–Trinajstić information content (AvgIpc) is 3.02. The number of nitrogens with zero attached hydrogens (tertiary/aromatic N) is 1. The Kier molecular flexibility index (Phi) is 4.36. The number of likely N-dealkylation sites (tertiary alicyclic amines) is 1. The van der Waals surface area contributed by atoms with Gasteiger partial charge in [0.15, 0.2) is 0 Å². The Bertz CT molecular complexity index is 253. The Morgan fingerprint density at radius 2 is 2.00 bits per heavy atom. The van der Waals surface area contributed by atoms with Gasteiger partial charge in [-0.05, 0) is 32.2 Å². The van der Waals surface area contributed by atoms with E-state index in [9.17, 15) is 9.59 Å². The second-order valence-corrected chi connectivity index (χ2v) is 4.78. The van der Waals surface area contributed by atoms with E-state index in [1.54, 1.807) is 0 Å². The minimum absolute atomic E-state index is 0.0386. The minimum Gasteiger partial charge on any atom is -0.354 e. The summed E-state index contributed by atoms with van der Waals surface area (Å²) in [5, 5.41) is 5.97. The molecule has 0 bridgehead atoms. The number of amides is 2. The van der Waals surface area contributed by atoms with Crippen LogP contribution in [0.25, 0.3) is 0 Å². The molecule has 5 nitrogen and oxygen atoms in total. The third kappa shape index (κ3) is 3.43. The van der Waals surface area contributed by atoms with Gasteiger partial charge in [0, 0.05) is 26.1 Å². The third-order valence-corrected chi connectivity index (χ3v) is 3.47. The van der Waals surface area contributed by atoms with Crippen LogP contribution in [-0.2, 0) is 9.59 Å². The molecule has 17 heavy (non-hydrogen) atoms.